The van der Waals surface area contributed by atoms with Crippen LogP contribution in [-0.4, -0.2) is 57.9 Å². The van der Waals surface area contributed by atoms with Gasteiger partial charge in [-0.25, -0.2) is 4.98 Å². The molecule has 1 atom stereocenters. The van der Waals surface area contributed by atoms with Crippen molar-refractivity contribution in [3.63, 3.8) is 0 Å². The van der Waals surface area contributed by atoms with Crippen LogP contribution in [0.2, 0.25) is 5.02 Å². The molecule has 10 heteroatoms. The Hall–Kier alpha value is -1.62. The maximum Gasteiger partial charge on any atom is 0.191 e. The second kappa shape index (κ2) is 11.4. The van der Waals surface area contributed by atoms with Crippen LogP contribution in [0, 0.1) is 0 Å². The second-order valence-corrected chi connectivity index (χ2v) is 6.85. The smallest absolute Gasteiger partial charge is 0.191 e. The molecule has 28 heavy (non-hydrogen) atoms. The number of aromatic nitrogens is 4. The number of anilines is 1. The molecule has 1 fully saturated rings. The summed E-state index contributed by atoms with van der Waals surface area (Å²) >= 11 is 6.28. The molecule has 1 saturated heterocycles. The van der Waals surface area contributed by atoms with E-state index < -0.39 is 0 Å². The molecule has 1 unspecified atom stereocenters. The normalized spacial score (nSPS) is 16.8. The van der Waals surface area contributed by atoms with Gasteiger partial charge in [-0.05, 0) is 25.5 Å². The topological polar surface area (TPSA) is 83.3 Å². The SMILES string of the molecule is CCNC(=NCCn1cnnc1CC)NC1CCN(c2ncccc2Cl)C1.I. The van der Waals surface area contributed by atoms with Crippen molar-refractivity contribution in [1.29, 1.82) is 0 Å². The van der Waals surface area contributed by atoms with Gasteiger partial charge in [0.05, 0.1) is 11.6 Å². The molecule has 0 amide bonds. The number of rotatable bonds is 7. The molecule has 2 aromatic heterocycles. The van der Waals surface area contributed by atoms with Crippen LogP contribution in [0.3, 0.4) is 0 Å². The monoisotopic (exact) mass is 518 g/mol. The van der Waals surface area contributed by atoms with Crippen molar-refractivity contribution < 1.29 is 0 Å². The quantitative estimate of drug-likeness (QED) is 0.333. The van der Waals surface area contributed by atoms with Gasteiger partial charge in [-0.15, -0.1) is 34.2 Å². The molecular formula is C18H28ClIN8. The zero-order valence-corrected chi connectivity index (χ0v) is 19.4. The fourth-order valence-corrected chi connectivity index (χ4v) is 3.44. The highest BCUT2D eigenvalue weighted by Crippen LogP contribution is 2.25. The Bertz CT molecular complexity index is 766. The predicted octanol–water partition coefficient (Wildman–Crippen LogP) is 2.34. The van der Waals surface area contributed by atoms with Gasteiger partial charge in [0.25, 0.3) is 0 Å². The first-order valence-corrected chi connectivity index (χ1v) is 9.86. The van der Waals surface area contributed by atoms with E-state index in [1.807, 2.05) is 16.7 Å². The molecule has 2 N–H and O–H groups in total. The van der Waals surface area contributed by atoms with Gasteiger partial charge in [0.1, 0.15) is 18.0 Å². The van der Waals surface area contributed by atoms with E-state index >= 15 is 0 Å². The average molecular weight is 519 g/mol. The van der Waals surface area contributed by atoms with Gasteiger partial charge in [0.15, 0.2) is 5.96 Å². The van der Waals surface area contributed by atoms with Crippen LogP contribution in [0.15, 0.2) is 29.6 Å². The van der Waals surface area contributed by atoms with Crippen LogP contribution in [0.1, 0.15) is 26.1 Å². The molecule has 3 rings (SSSR count). The molecule has 1 aliphatic rings. The van der Waals surface area contributed by atoms with Crippen LogP contribution < -0.4 is 15.5 Å². The fourth-order valence-electron chi connectivity index (χ4n) is 3.20. The van der Waals surface area contributed by atoms with Gasteiger partial charge in [-0.1, -0.05) is 18.5 Å². The van der Waals surface area contributed by atoms with Crippen LogP contribution in [0.5, 0.6) is 0 Å². The van der Waals surface area contributed by atoms with Crippen LogP contribution in [0.4, 0.5) is 5.82 Å². The van der Waals surface area contributed by atoms with Gasteiger partial charge in [0, 0.05) is 44.8 Å². The maximum atomic E-state index is 6.28. The van der Waals surface area contributed by atoms with Crippen LogP contribution >= 0.6 is 35.6 Å². The third kappa shape index (κ3) is 5.94. The highest BCUT2D eigenvalue weighted by molar-refractivity contribution is 14.0. The van der Waals surface area contributed by atoms with Crippen LogP contribution in [-0.2, 0) is 13.0 Å². The lowest BCUT2D eigenvalue weighted by Crippen LogP contribution is -2.44. The first-order valence-electron chi connectivity index (χ1n) is 9.48. The molecule has 0 aliphatic carbocycles. The van der Waals surface area contributed by atoms with Gasteiger partial charge in [-0.3, -0.25) is 4.99 Å². The molecule has 0 saturated carbocycles. The van der Waals surface area contributed by atoms with Gasteiger partial charge >= 0.3 is 0 Å². The number of aryl methyl sites for hydroxylation is 1. The molecule has 0 radical (unpaired) electrons. The highest BCUT2D eigenvalue weighted by atomic mass is 127. The molecule has 0 bridgehead atoms. The Labute approximate surface area is 188 Å². The minimum atomic E-state index is 0. The first-order chi connectivity index (χ1) is 13.2. The number of aliphatic imine (C=N–C) groups is 1. The lowest BCUT2D eigenvalue weighted by molar-refractivity contribution is 0.634. The number of nitrogens with zero attached hydrogens (tertiary/aromatic N) is 6. The minimum absolute atomic E-state index is 0. The molecule has 0 spiro atoms. The minimum Gasteiger partial charge on any atom is -0.357 e. The Morgan fingerprint density at radius 1 is 1.39 bits per heavy atom. The zero-order valence-electron chi connectivity index (χ0n) is 16.3. The van der Waals surface area contributed by atoms with E-state index in [9.17, 15) is 0 Å². The number of nitrogens with one attached hydrogen (secondary N) is 2. The largest absolute Gasteiger partial charge is 0.357 e. The first kappa shape index (κ1) is 22.7. The standard InChI is InChI=1S/C18H27ClN8.HI/c1-3-16-25-23-13-27(16)11-9-22-18(20-4-2)24-14-7-10-26(12-14)17-15(19)6-5-8-21-17;/h5-6,8,13-14H,3-4,7,9-12H2,1-2H3,(H2,20,22,24);1H. The number of hydrogen-bond donors (Lipinski definition) is 2. The summed E-state index contributed by atoms with van der Waals surface area (Å²) in [6.45, 7) is 8.19. The Morgan fingerprint density at radius 2 is 2.25 bits per heavy atom. The summed E-state index contributed by atoms with van der Waals surface area (Å²) in [6.07, 6.45) is 5.43. The third-order valence-corrected chi connectivity index (χ3v) is 4.83. The van der Waals surface area contributed by atoms with Crippen molar-refractivity contribution in [2.45, 2.75) is 39.3 Å². The average Bonchev–Trinajstić information content (AvgIpc) is 3.31. The van der Waals surface area contributed by atoms with Gasteiger partial charge in [0.2, 0.25) is 0 Å². The Morgan fingerprint density at radius 3 is 3.00 bits per heavy atom. The van der Waals surface area contributed by atoms with E-state index in [0.29, 0.717) is 17.6 Å². The van der Waals surface area contributed by atoms with Crippen LogP contribution in [0.25, 0.3) is 0 Å². The second-order valence-electron chi connectivity index (χ2n) is 6.44. The van der Waals surface area contributed by atoms with E-state index in [1.54, 1.807) is 12.5 Å². The van der Waals surface area contributed by atoms with E-state index in [0.717, 1.165) is 56.6 Å². The molecule has 154 valence electrons. The molecule has 8 nitrogen and oxygen atoms in total. The summed E-state index contributed by atoms with van der Waals surface area (Å²) < 4.78 is 2.05. The zero-order chi connectivity index (χ0) is 19.1. The van der Waals surface area contributed by atoms with Crippen molar-refractivity contribution >= 4 is 47.4 Å². The summed E-state index contributed by atoms with van der Waals surface area (Å²) in [5, 5.41) is 15.6. The van der Waals surface area contributed by atoms with Crippen molar-refractivity contribution in [1.82, 2.24) is 30.4 Å². The van der Waals surface area contributed by atoms with Crippen molar-refractivity contribution in [3.8, 4) is 0 Å². The summed E-state index contributed by atoms with van der Waals surface area (Å²) in [5.74, 6) is 2.68. The predicted molar refractivity (Wildman–Crippen MR) is 124 cm³/mol. The van der Waals surface area contributed by atoms with Crippen molar-refractivity contribution in [2.24, 2.45) is 4.99 Å². The Kier molecular flexibility index (Phi) is 9.23. The summed E-state index contributed by atoms with van der Waals surface area (Å²) in [7, 11) is 0. The summed E-state index contributed by atoms with van der Waals surface area (Å²) in [6, 6.07) is 4.04. The molecular weight excluding hydrogens is 491 g/mol. The number of guanidine groups is 1. The lowest BCUT2D eigenvalue weighted by atomic mass is 10.3. The van der Waals surface area contributed by atoms with Crippen molar-refractivity contribution in [2.75, 3.05) is 31.1 Å². The number of halogens is 2. The fraction of sp³-hybridized carbons (Fsp3) is 0.556. The van der Waals surface area contributed by atoms with E-state index in [-0.39, 0.29) is 24.0 Å². The Balaban J connectivity index is 0.00000280. The van der Waals surface area contributed by atoms with Gasteiger partial charge < -0.3 is 20.1 Å². The molecule has 0 aromatic carbocycles. The number of pyridine rings is 1. The van der Waals surface area contributed by atoms with Crippen molar-refractivity contribution in [3.05, 3.63) is 35.5 Å². The number of hydrogen-bond acceptors (Lipinski definition) is 5. The summed E-state index contributed by atoms with van der Waals surface area (Å²) in [5.41, 5.74) is 0. The van der Waals surface area contributed by atoms with Gasteiger partial charge in [-0.2, -0.15) is 0 Å². The molecule has 3 heterocycles. The molecule has 2 aromatic rings. The lowest BCUT2D eigenvalue weighted by Gasteiger charge is -2.20. The molecule has 1 aliphatic heterocycles. The van der Waals surface area contributed by atoms with E-state index in [2.05, 4.69) is 44.6 Å². The summed E-state index contributed by atoms with van der Waals surface area (Å²) in [4.78, 5) is 11.3. The van der Waals surface area contributed by atoms with E-state index in [1.165, 1.54) is 0 Å². The van der Waals surface area contributed by atoms with E-state index in [4.69, 9.17) is 16.6 Å². The maximum absolute atomic E-state index is 6.28. The highest BCUT2D eigenvalue weighted by Gasteiger charge is 2.25. The third-order valence-electron chi connectivity index (χ3n) is 4.53.